The number of rotatable bonds is 5. The van der Waals surface area contributed by atoms with E-state index in [0.717, 1.165) is 17.9 Å². The second-order valence-corrected chi connectivity index (χ2v) is 4.89. The van der Waals surface area contributed by atoms with Crippen LogP contribution in [-0.2, 0) is 9.59 Å². The summed E-state index contributed by atoms with van der Waals surface area (Å²) in [5.41, 5.74) is 4.89. The maximum atomic E-state index is 11.4. The van der Waals surface area contributed by atoms with Crippen molar-refractivity contribution in [1.82, 2.24) is 10.6 Å². The topological polar surface area (TPSA) is 122 Å². The Hall–Kier alpha value is -1.44. The zero-order chi connectivity index (χ0) is 12.8. The second kappa shape index (κ2) is 6.33. The summed E-state index contributed by atoms with van der Waals surface area (Å²) < 4.78 is 0. The van der Waals surface area contributed by atoms with E-state index < -0.39 is 30.4 Å². The Morgan fingerprint density at radius 2 is 2.18 bits per heavy atom. The van der Waals surface area contributed by atoms with Gasteiger partial charge in [0.2, 0.25) is 5.91 Å². The van der Waals surface area contributed by atoms with Gasteiger partial charge in [0, 0.05) is 11.8 Å². The van der Waals surface area contributed by atoms with Gasteiger partial charge in [-0.25, -0.2) is 9.59 Å². The number of thioether (sulfide) groups is 1. The van der Waals surface area contributed by atoms with Crippen LogP contribution in [0.25, 0.3) is 0 Å². The minimum Gasteiger partial charge on any atom is -0.480 e. The van der Waals surface area contributed by atoms with Crippen molar-refractivity contribution in [2.45, 2.75) is 24.9 Å². The average molecular weight is 261 g/mol. The smallest absolute Gasteiger partial charge is 0.326 e. The average Bonchev–Trinajstić information content (AvgIpc) is 2.68. The van der Waals surface area contributed by atoms with Crippen molar-refractivity contribution in [2.75, 3.05) is 11.5 Å². The van der Waals surface area contributed by atoms with E-state index in [0.29, 0.717) is 0 Å². The quantitative estimate of drug-likeness (QED) is 0.512. The molecule has 1 fully saturated rings. The van der Waals surface area contributed by atoms with E-state index in [-0.39, 0.29) is 6.04 Å². The zero-order valence-electron chi connectivity index (χ0n) is 9.14. The minimum atomic E-state index is -1.28. The van der Waals surface area contributed by atoms with Gasteiger partial charge in [0.25, 0.3) is 0 Å². The highest BCUT2D eigenvalue weighted by Gasteiger charge is 2.24. The summed E-state index contributed by atoms with van der Waals surface area (Å²) in [6.07, 6.45) is 0.452. The number of nitrogens with two attached hydrogens (primary N) is 1. The van der Waals surface area contributed by atoms with Crippen molar-refractivity contribution < 1.29 is 19.5 Å². The van der Waals surface area contributed by atoms with Crippen molar-refractivity contribution in [1.29, 1.82) is 0 Å². The van der Waals surface area contributed by atoms with Gasteiger partial charge in [0.1, 0.15) is 6.04 Å². The first-order chi connectivity index (χ1) is 7.99. The summed E-state index contributed by atoms with van der Waals surface area (Å²) in [6.45, 7) is 0. The van der Waals surface area contributed by atoms with E-state index in [1.54, 1.807) is 11.8 Å². The number of primary amides is 1. The van der Waals surface area contributed by atoms with E-state index >= 15 is 0 Å². The predicted octanol–water partition coefficient (Wildman–Crippen LogP) is -0.880. The van der Waals surface area contributed by atoms with Gasteiger partial charge in [0.15, 0.2) is 0 Å². The molecule has 8 heteroatoms. The maximum absolute atomic E-state index is 11.4. The minimum absolute atomic E-state index is 0.0584. The molecule has 2 unspecified atom stereocenters. The zero-order valence-corrected chi connectivity index (χ0v) is 9.96. The molecule has 2 atom stereocenters. The second-order valence-electron chi connectivity index (χ2n) is 3.74. The molecule has 96 valence electrons. The molecule has 7 nitrogen and oxygen atoms in total. The van der Waals surface area contributed by atoms with Gasteiger partial charge in [-0.2, -0.15) is 11.8 Å². The number of carboxylic acids is 1. The molecule has 0 saturated carbocycles. The van der Waals surface area contributed by atoms with Crippen LogP contribution in [0.2, 0.25) is 0 Å². The largest absolute Gasteiger partial charge is 0.480 e. The van der Waals surface area contributed by atoms with Gasteiger partial charge in [-0.15, -0.1) is 0 Å². The molecule has 0 spiro atoms. The fourth-order valence-corrected chi connectivity index (χ4v) is 2.59. The van der Waals surface area contributed by atoms with Gasteiger partial charge >= 0.3 is 12.0 Å². The molecule has 1 aliphatic rings. The van der Waals surface area contributed by atoms with Crippen molar-refractivity contribution in [3.63, 3.8) is 0 Å². The number of amides is 3. The third-order valence-corrected chi connectivity index (χ3v) is 3.44. The van der Waals surface area contributed by atoms with Crippen LogP contribution in [-0.4, -0.2) is 46.6 Å². The van der Waals surface area contributed by atoms with Crippen molar-refractivity contribution in [3.05, 3.63) is 0 Å². The SMILES string of the molecule is NC(=O)CC(NC(=O)NC1CCSC1)C(=O)O. The summed E-state index contributed by atoms with van der Waals surface area (Å²) in [7, 11) is 0. The molecule has 0 aliphatic carbocycles. The van der Waals surface area contributed by atoms with Crippen molar-refractivity contribution >= 4 is 29.7 Å². The number of carboxylic acid groups (broad SMARTS) is 1. The number of urea groups is 1. The first-order valence-electron chi connectivity index (χ1n) is 5.15. The van der Waals surface area contributed by atoms with Crippen LogP contribution in [0.4, 0.5) is 4.79 Å². The fourth-order valence-electron chi connectivity index (χ4n) is 1.43. The summed E-state index contributed by atoms with van der Waals surface area (Å²) in [5.74, 6) is -0.246. The summed E-state index contributed by atoms with van der Waals surface area (Å²) >= 11 is 1.73. The molecule has 0 aromatic heterocycles. The molecular formula is C9H15N3O4S. The van der Waals surface area contributed by atoms with E-state index in [2.05, 4.69) is 10.6 Å². The molecule has 0 aromatic carbocycles. The van der Waals surface area contributed by atoms with Crippen LogP contribution >= 0.6 is 11.8 Å². The lowest BCUT2D eigenvalue weighted by molar-refractivity contribution is -0.140. The van der Waals surface area contributed by atoms with E-state index in [1.807, 2.05) is 0 Å². The van der Waals surface area contributed by atoms with Crippen LogP contribution in [0, 0.1) is 0 Å². The Balaban J connectivity index is 2.40. The molecule has 0 radical (unpaired) electrons. The molecule has 1 aliphatic heterocycles. The Kier molecular flexibility index (Phi) is 5.08. The summed E-state index contributed by atoms with van der Waals surface area (Å²) in [5, 5.41) is 13.6. The van der Waals surface area contributed by atoms with Gasteiger partial charge in [0.05, 0.1) is 6.42 Å². The summed E-state index contributed by atoms with van der Waals surface area (Å²) in [4.78, 5) is 32.8. The highest BCUT2D eigenvalue weighted by atomic mass is 32.2. The van der Waals surface area contributed by atoms with Gasteiger partial charge in [-0.3, -0.25) is 4.79 Å². The van der Waals surface area contributed by atoms with Crippen LogP contribution in [0.15, 0.2) is 0 Å². The molecule has 0 aromatic rings. The monoisotopic (exact) mass is 261 g/mol. The first kappa shape index (κ1) is 13.6. The lowest BCUT2D eigenvalue weighted by Crippen LogP contribution is -2.50. The highest BCUT2D eigenvalue weighted by Crippen LogP contribution is 2.16. The van der Waals surface area contributed by atoms with Gasteiger partial charge in [-0.1, -0.05) is 0 Å². The molecular weight excluding hydrogens is 246 g/mol. The number of aliphatic carboxylic acids is 1. The number of carbonyl (C=O) groups excluding carboxylic acids is 2. The molecule has 17 heavy (non-hydrogen) atoms. The van der Waals surface area contributed by atoms with Crippen LogP contribution < -0.4 is 16.4 Å². The van der Waals surface area contributed by atoms with Crippen molar-refractivity contribution in [3.8, 4) is 0 Å². The number of carbonyl (C=O) groups is 3. The Bertz CT molecular complexity index is 317. The standard InChI is InChI=1S/C9H15N3O4S/c10-7(13)3-6(8(14)15)12-9(16)11-5-1-2-17-4-5/h5-6H,1-4H2,(H2,10,13)(H,14,15)(H2,11,12,16). The van der Waals surface area contributed by atoms with Crippen molar-refractivity contribution in [2.24, 2.45) is 5.73 Å². The highest BCUT2D eigenvalue weighted by molar-refractivity contribution is 7.99. The van der Waals surface area contributed by atoms with E-state index in [4.69, 9.17) is 10.8 Å². The lowest BCUT2D eigenvalue weighted by atomic mass is 10.2. The maximum Gasteiger partial charge on any atom is 0.326 e. The molecule has 1 saturated heterocycles. The van der Waals surface area contributed by atoms with Gasteiger partial charge in [-0.05, 0) is 12.2 Å². The third-order valence-electron chi connectivity index (χ3n) is 2.27. The Labute approximate surface area is 102 Å². The molecule has 3 amide bonds. The Morgan fingerprint density at radius 3 is 2.65 bits per heavy atom. The number of hydrogen-bond acceptors (Lipinski definition) is 4. The predicted molar refractivity (Wildman–Crippen MR) is 62.6 cm³/mol. The van der Waals surface area contributed by atoms with E-state index in [1.165, 1.54) is 0 Å². The van der Waals surface area contributed by atoms with Crippen LogP contribution in [0.3, 0.4) is 0 Å². The number of hydrogen-bond donors (Lipinski definition) is 4. The summed E-state index contributed by atoms with van der Waals surface area (Å²) in [6, 6.07) is -1.80. The lowest BCUT2D eigenvalue weighted by Gasteiger charge is -2.16. The van der Waals surface area contributed by atoms with Crippen LogP contribution in [0.1, 0.15) is 12.8 Å². The third kappa shape index (κ3) is 4.94. The number of nitrogens with one attached hydrogen (secondary N) is 2. The molecule has 5 N–H and O–H groups in total. The Morgan fingerprint density at radius 1 is 1.47 bits per heavy atom. The molecule has 1 rings (SSSR count). The molecule has 0 bridgehead atoms. The van der Waals surface area contributed by atoms with Gasteiger partial charge < -0.3 is 21.5 Å². The normalized spacial score (nSPS) is 20.6. The fraction of sp³-hybridized carbons (Fsp3) is 0.667. The van der Waals surface area contributed by atoms with Crippen LogP contribution in [0.5, 0.6) is 0 Å². The molecule has 1 heterocycles. The first-order valence-corrected chi connectivity index (χ1v) is 6.30. The van der Waals surface area contributed by atoms with E-state index in [9.17, 15) is 14.4 Å².